The second kappa shape index (κ2) is 9.08. The lowest BCUT2D eigenvalue weighted by Crippen LogP contribution is -2.43. The molecule has 148 valence electrons. The second-order valence-corrected chi connectivity index (χ2v) is 8.26. The van der Waals surface area contributed by atoms with Crippen LogP contribution in [0.25, 0.3) is 0 Å². The van der Waals surface area contributed by atoms with Crippen LogP contribution < -0.4 is 5.32 Å². The van der Waals surface area contributed by atoms with Gasteiger partial charge in [-0.15, -0.1) is 0 Å². The van der Waals surface area contributed by atoms with Gasteiger partial charge in [-0.25, -0.2) is 0 Å². The van der Waals surface area contributed by atoms with Gasteiger partial charge in [0.1, 0.15) is 0 Å². The lowest BCUT2D eigenvalue weighted by Gasteiger charge is -2.35. The van der Waals surface area contributed by atoms with Crippen LogP contribution in [0, 0.1) is 0 Å². The topological polar surface area (TPSA) is 41.6 Å². The summed E-state index contributed by atoms with van der Waals surface area (Å²) in [5.74, 6) is 0.163. The molecule has 1 N–H and O–H groups in total. The maximum absolute atomic E-state index is 12.3. The van der Waals surface area contributed by atoms with Crippen molar-refractivity contribution in [2.75, 3.05) is 19.7 Å². The Labute approximate surface area is 171 Å². The Hall–Kier alpha value is -1.88. The van der Waals surface area contributed by atoms with E-state index in [1.54, 1.807) is 0 Å². The van der Waals surface area contributed by atoms with Crippen molar-refractivity contribution in [2.45, 2.75) is 43.9 Å². The van der Waals surface area contributed by atoms with E-state index >= 15 is 0 Å². The predicted molar refractivity (Wildman–Crippen MR) is 111 cm³/mol. The molecule has 2 saturated heterocycles. The third-order valence-corrected chi connectivity index (χ3v) is 5.99. The number of benzene rings is 2. The van der Waals surface area contributed by atoms with Crippen molar-refractivity contribution in [3.8, 4) is 0 Å². The number of rotatable bonds is 6. The Balaban J connectivity index is 1.22. The van der Waals surface area contributed by atoms with Crippen molar-refractivity contribution in [1.29, 1.82) is 0 Å². The van der Waals surface area contributed by atoms with E-state index in [0.29, 0.717) is 19.1 Å². The summed E-state index contributed by atoms with van der Waals surface area (Å²) in [6.45, 7) is 2.49. The molecule has 2 fully saturated rings. The Kier molecular flexibility index (Phi) is 6.30. The van der Waals surface area contributed by atoms with Gasteiger partial charge in [0.2, 0.25) is 5.91 Å². The SMILES string of the molecule is O=C(CCCc1ccccc1)N[C@@H]1C[C@H]2CO[C@@H](c3ccc(Cl)cc3)CN2C1. The first-order valence-electron chi connectivity index (χ1n) is 10.1. The highest BCUT2D eigenvalue weighted by atomic mass is 35.5. The number of fused-ring (bicyclic) bond motifs is 1. The molecule has 4 rings (SSSR count). The van der Waals surface area contributed by atoms with Crippen LogP contribution in [-0.4, -0.2) is 42.6 Å². The molecule has 28 heavy (non-hydrogen) atoms. The lowest BCUT2D eigenvalue weighted by molar-refractivity contribution is -0.121. The highest BCUT2D eigenvalue weighted by Gasteiger charge is 2.38. The summed E-state index contributed by atoms with van der Waals surface area (Å²) in [4.78, 5) is 14.8. The second-order valence-electron chi connectivity index (χ2n) is 7.82. The van der Waals surface area contributed by atoms with Crippen molar-refractivity contribution in [1.82, 2.24) is 10.2 Å². The van der Waals surface area contributed by atoms with Crippen LogP contribution in [0.5, 0.6) is 0 Å². The number of amides is 1. The zero-order valence-electron chi connectivity index (χ0n) is 16.0. The number of halogens is 1. The number of nitrogens with zero attached hydrogens (tertiary/aromatic N) is 1. The average molecular weight is 399 g/mol. The summed E-state index contributed by atoms with van der Waals surface area (Å²) in [6.07, 6.45) is 3.47. The summed E-state index contributed by atoms with van der Waals surface area (Å²) in [6, 6.07) is 18.9. The summed E-state index contributed by atoms with van der Waals surface area (Å²) in [5, 5.41) is 3.97. The van der Waals surface area contributed by atoms with Gasteiger partial charge >= 0.3 is 0 Å². The van der Waals surface area contributed by atoms with E-state index in [-0.39, 0.29) is 18.1 Å². The van der Waals surface area contributed by atoms with Crippen LogP contribution in [0.3, 0.4) is 0 Å². The van der Waals surface area contributed by atoms with Crippen LogP contribution in [-0.2, 0) is 16.0 Å². The van der Waals surface area contributed by atoms with Crippen LogP contribution in [0.4, 0.5) is 0 Å². The van der Waals surface area contributed by atoms with Gasteiger partial charge in [0, 0.05) is 36.6 Å². The van der Waals surface area contributed by atoms with Crippen molar-refractivity contribution in [3.63, 3.8) is 0 Å². The highest BCUT2D eigenvalue weighted by molar-refractivity contribution is 6.30. The molecule has 3 atom stereocenters. The van der Waals surface area contributed by atoms with Gasteiger partial charge in [0.15, 0.2) is 0 Å². The number of carbonyl (C=O) groups is 1. The van der Waals surface area contributed by atoms with Crippen LogP contribution in [0.15, 0.2) is 54.6 Å². The fourth-order valence-corrected chi connectivity index (χ4v) is 4.38. The van der Waals surface area contributed by atoms with E-state index in [0.717, 1.165) is 42.9 Å². The van der Waals surface area contributed by atoms with E-state index in [9.17, 15) is 4.79 Å². The smallest absolute Gasteiger partial charge is 0.220 e. The quantitative estimate of drug-likeness (QED) is 0.799. The largest absolute Gasteiger partial charge is 0.371 e. The zero-order valence-corrected chi connectivity index (χ0v) is 16.8. The van der Waals surface area contributed by atoms with Gasteiger partial charge in [-0.2, -0.15) is 0 Å². The summed E-state index contributed by atoms with van der Waals surface area (Å²) in [5.41, 5.74) is 2.45. The van der Waals surface area contributed by atoms with Gasteiger partial charge in [0.05, 0.1) is 12.7 Å². The number of ether oxygens (including phenoxy) is 1. The maximum Gasteiger partial charge on any atom is 0.220 e. The van der Waals surface area contributed by atoms with E-state index < -0.39 is 0 Å². The number of morpholine rings is 1. The van der Waals surface area contributed by atoms with Gasteiger partial charge in [-0.05, 0) is 42.5 Å². The third-order valence-electron chi connectivity index (χ3n) is 5.74. The molecule has 0 aromatic heterocycles. The van der Waals surface area contributed by atoms with E-state index in [4.69, 9.17) is 16.3 Å². The Morgan fingerprint density at radius 2 is 1.89 bits per heavy atom. The number of aryl methyl sites for hydroxylation is 1. The summed E-state index contributed by atoms with van der Waals surface area (Å²) in [7, 11) is 0. The fraction of sp³-hybridized carbons (Fsp3) is 0.435. The number of carbonyl (C=O) groups excluding carboxylic acids is 1. The molecule has 2 heterocycles. The minimum atomic E-state index is 0.0776. The van der Waals surface area contributed by atoms with Crippen molar-refractivity contribution >= 4 is 17.5 Å². The Morgan fingerprint density at radius 1 is 1.11 bits per heavy atom. The lowest BCUT2D eigenvalue weighted by atomic mass is 10.1. The molecule has 0 bridgehead atoms. The first-order chi connectivity index (χ1) is 13.7. The van der Waals surface area contributed by atoms with Gasteiger partial charge in [0.25, 0.3) is 0 Å². The van der Waals surface area contributed by atoms with E-state index in [1.165, 1.54) is 5.56 Å². The molecule has 1 amide bonds. The number of nitrogens with one attached hydrogen (secondary N) is 1. The standard InChI is InChI=1S/C23H27ClN2O2/c24-19-11-9-18(10-12-19)22-15-26-14-20(13-21(26)16-28-22)25-23(27)8-4-7-17-5-2-1-3-6-17/h1-3,5-6,9-12,20-22H,4,7-8,13-16H2,(H,25,27)/t20-,21+,22-/m1/s1. The minimum absolute atomic E-state index is 0.0776. The molecular formula is C23H27ClN2O2. The molecule has 0 saturated carbocycles. The molecule has 0 spiro atoms. The monoisotopic (exact) mass is 398 g/mol. The van der Waals surface area contributed by atoms with Crippen LogP contribution >= 0.6 is 11.6 Å². The molecule has 2 aromatic carbocycles. The summed E-state index contributed by atoms with van der Waals surface area (Å²) >= 11 is 5.99. The Bertz CT molecular complexity index is 781. The number of hydrogen-bond donors (Lipinski definition) is 1. The van der Waals surface area contributed by atoms with Gasteiger partial charge in [-0.1, -0.05) is 54.1 Å². The van der Waals surface area contributed by atoms with Crippen LogP contribution in [0.1, 0.15) is 36.5 Å². The van der Waals surface area contributed by atoms with Crippen LogP contribution in [0.2, 0.25) is 5.02 Å². The Morgan fingerprint density at radius 3 is 2.68 bits per heavy atom. The molecule has 2 aliphatic rings. The average Bonchev–Trinajstić information content (AvgIpc) is 3.10. The van der Waals surface area contributed by atoms with E-state index in [2.05, 4.69) is 22.3 Å². The first kappa shape index (κ1) is 19.4. The van der Waals surface area contributed by atoms with Crippen molar-refractivity contribution in [3.05, 3.63) is 70.7 Å². The number of hydrogen-bond acceptors (Lipinski definition) is 3. The van der Waals surface area contributed by atoms with Crippen molar-refractivity contribution in [2.24, 2.45) is 0 Å². The summed E-state index contributed by atoms with van der Waals surface area (Å²) < 4.78 is 6.09. The minimum Gasteiger partial charge on any atom is -0.371 e. The molecule has 2 aromatic rings. The molecule has 0 aliphatic carbocycles. The van der Waals surface area contributed by atoms with E-state index in [1.807, 2.05) is 42.5 Å². The molecule has 4 nitrogen and oxygen atoms in total. The predicted octanol–water partition coefficient (Wildman–Crippen LogP) is 3.99. The zero-order chi connectivity index (χ0) is 19.3. The first-order valence-corrected chi connectivity index (χ1v) is 10.5. The van der Waals surface area contributed by atoms with Gasteiger partial charge < -0.3 is 10.1 Å². The fourth-order valence-electron chi connectivity index (χ4n) is 4.26. The maximum atomic E-state index is 12.3. The molecule has 5 heteroatoms. The van der Waals surface area contributed by atoms with Crippen molar-refractivity contribution < 1.29 is 9.53 Å². The molecule has 2 aliphatic heterocycles. The normalized spacial score (nSPS) is 24.7. The molecular weight excluding hydrogens is 372 g/mol. The van der Waals surface area contributed by atoms with Gasteiger partial charge in [-0.3, -0.25) is 9.69 Å². The highest BCUT2D eigenvalue weighted by Crippen LogP contribution is 2.30. The molecule has 0 radical (unpaired) electrons. The third kappa shape index (κ3) is 4.93. The molecule has 0 unspecified atom stereocenters.